The van der Waals surface area contributed by atoms with E-state index in [1.54, 1.807) is 0 Å². The number of carbonyl (C=O) groups is 1. The number of ether oxygens (including phenoxy) is 4. The summed E-state index contributed by atoms with van der Waals surface area (Å²) in [6, 6.07) is 0. The summed E-state index contributed by atoms with van der Waals surface area (Å²) in [5, 5.41) is 0. The Balaban J connectivity index is 3.11. The minimum Gasteiger partial charge on any atom is -0.463 e. The standard InChI is InChI=1S/C15H30O5/c1-4-5-6-7-15(16)20-13-11-18-9-8-17-10-12-19-14(2)3/h14H,4-13H2,1-3H3. The summed E-state index contributed by atoms with van der Waals surface area (Å²) in [6.07, 6.45) is 3.83. The third-order valence-electron chi connectivity index (χ3n) is 2.53. The van der Waals surface area contributed by atoms with Crippen LogP contribution in [0, 0.1) is 0 Å². The molecule has 0 heterocycles. The van der Waals surface area contributed by atoms with E-state index in [-0.39, 0.29) is 12.1 Å². The Kier molecular flexibility index (Phi) is 14.3. The SMILES string of the molecule is CCCCCC(=O)OCCOCCOCCOC(C)C. The predicted octanol–water partition coefficient (Wildman–Crippen LogP) is 2.57. The van der Waals surface area contributed by atoms with Crippen LogP contribution in [0.3, 0.4) is 0 Å². The van der Waals surface area contributed by atoms with Crippen LogP contribution in [0.1, 0.15) is 46.5 Å². The Morgan fingerprint density at radius 2 is 1.50 bits per heavy atom. The van der Waals surface area contributed by atoms with Gasteiger partial charge in [-0.1, -0.05) is 19.8 Å². The minimum absolute atomic E-state index is 0.135. The van der Waals surface area contributed by atoms with Gasteiger partial charge in [0.2, 0.25) is 0 Å². The van der Waals surface area contributed by atoms with E-state index in [0.717, 1.165) is 19.3 Å². The van der Waals surface area contributed by atoms with E-state index in [9.17, 15) is 4.79 Å². The van der Waals surface area contributed by atoms with E-state index in [4.69, 9.17) is 18.9 Å². The first-order valence-corrected chi connectivity index (χ1v) is 7.59. The zero-order chi connectivity index (χ0) is 15.1. The fraction of sp³-hybridized carbons (Fsp3) is 0.933. The van der Waals surface area contributed by atoms with Gasteiger partial charge < -0.3 is 18.9 Å². The van der Waals surface area contributed by atoms with Crippen molar-refractivity contribution in [2.45, 2.75) is 52.6 Å². The van der Waals surface area contributed by atoms with Crippen molar-refractivity contribution < 1.29 is 23.7 Å². The lowest BCUT2D eigenvalue weighted by Crippen LogP contribution is -2.14. The highest BCUT2D eigenvalue weighted by atomic mass is 16.6. The minimum atomic E-state index is -0.135. The maximum Gasteiger partial charge on any atom is 0.305 e. The second-order valence-corrected chi connectivity index (χ2v) is 4.82. The molecule has 0 aromatic carbocycles. The molecule has 5 heteroatoms. The Bertz CT molecular complexity index is 218. The summed E-state index contributed by atoms with van der Waals surface area (Å²) in [4.78, 5) is 11.3. The maximum atomic E-state index is 11.3. The molecule has 0 aliphatic heterocycles. The van der Waals surface area contributed by atoms with Gasteiger partial charge in [-0.3, -0.25) is 4.79 Å². The fourth-order valence-corrected chi connectivity index (χ4v) is 1.47. The van der Waals surface area contributed by atoms with Gasteiger partial charge in [-0.15, -0.1) is 0 Å². The van der Waals surface area contributed by atoms with Gasteiger partial charge in [0, 0.05) is 6.42 Å². The Hall–Kier alpha value is -0.650. The average molecular weight is 290 g/mol. The molecule has 0 radical (unpaired) electrons. The van der Waals surface area contributed by atoms with Crippen LogP contribution in [0.5, 0.6) is 0 Å². The summed E-state index contributed by atoms with van der Waals surface area (Å²) < 4.78 is 21.0. The third-order valence-corrected chi connectivity index (χ3v) is 2.53. The summed E-state index contributed by atoms with van der Waals surface area (Å²) in [5.41, 5.74) is 0. The normalized spacial score (nSPS) is 11.0. The number of carbonyl (C=O) groups excluding carboxylic acids is 1. The summed E-state index contributed by atoms with van der Waals surface area (Å²) in [6.45, 7) is 9.06. The van der Waals surface area contributed by atoms with Crippen molar-refractivity contribution in [3.05, 3.63) is 0 Å². The predicted molar refractivity (Wildman–Crippen MR) is 77.8 cm³/mol. The molecular formula is C15H30O5. The summed E-state index contributed by atoms with van der Waals surface area (Å²) in [7, 11) is 0. The molecule has 0 N–H and O–H groups in total. The van der Waals surface area contributed by atoms with Crippen LogP contribution in [-0.2, 0) is 23.7 Å². The zero-order valence-electron chi connectivity index (χ0n) is 13.2. The molecule has 0 amide bonds. The molecule has 0 aromatic heterocycles. The average Bonchev–Trinajstić information content (AvgIpc) is 2.41. The van der Waals surface area contributed by atoms with Crippen LogP contribution < -0.4 is 0 Å². The second kappa shape index (κ2) is 14.8. The zero-order valence-corrected chi connectivity index (χ0v) is 13.2. The fourth-order valence-electron chi connectivity index (χ4n) is 1.47. The van der Waals surface area contributed by atoms with Gasteiger partial charge in [0.15, 0.2) is 0 Å². The van der Waals surface area contributed by atoms with Gasteiger partial charge in [0.1, 0.15) is 6.61 Å². The second-order valence-electron chi connectivity index (χ2n) is 4.82. The monoisotopic (exact) mass is 290 g/mol. The van der Waals surface area contributed by atoms with Crippen LogP contribution in [0.25, 0.3) is 0 Å². The molecule has 0 unspecified atom stereocenters. The van der Waals surface area contributed by atoms with Gasteiger partial charge in [-0.2, -0.15) is 0 Å². The van der Waals surface area contributed by atoms with E-state index in [1.165, 1.54) is 0 Å². The van der Waals surface area contributed by atoms with E-state index >= 15 is 0 Å². The molecular weight excluding hydrogens is 260 g/mol. The van der Waals surface area contributed by atoms with Crippen LogP contribution in [0.2, 0.25) is 0 Å². The van der Waals surface area contributed by atoms with Gasteiger partial charge in [-0.25, -0.2) is 0 Å². The number of unbranched alkanes of at least 4 members (excludes halogenated alkanes) is 2. The van der Waals surface area contributed by atoms with Crippen LogP contribution in [0.4, 0.5) is 0 Å². The van der Waals surface area contributed by atoms with E-state index < -0.39 is 0 Å². The van der Waals surface area contributed by atoms with Gasteiger partial charge in [-0.05, 0) is 20.3 Å². The number of hydrogen-bond donors (Lipinski definition) is 0. The van der Waals surface area contributed by atoms with Crippen molar-refractivity contribution in [3.63, 3.8) is 0 Å². The molecule has 0 fully saturated rings. The molecule has 0 spiro atoms. The highest BCUT2D eigenvalue weighted by Crippen LogP contribution is 2.00. The van der Waals surface area contributed by atoms with Gasteiger partial charge >= 0.3 is 5.97 Å². The Labute approximate surface area is 122 Å². The smallest absolute Gasteiger partial charge is 0.305 e. The van der Waals surface area contributed by atoms with E-state index in [0.29, 0.717) is 46.1 Å². The lowest BCUT2D eigenvalue weighted by atomic mass is 10.2. The van der Waals surface area contributed by atoms with Crippen molar-refractivity contribution >= 4 is 5.97 Å². The molecule has 0 aliphatic carbocycles. The molecule has 0 bridgehead atoms. The van der Waals surface area contributed by atoms with Crippen molar-refractivity contribution in [2.24, 2.45) is 0 Å². The first-order valence-electron chi connectivity index (χ1n) is 7.59. The Morgan fingerprint density at radius 3 is 2.10 bits per heavy atom. The molecule has 0 saturated carbocycles. The molecule has 0 saturated heterocycles. The summed E-state index contributed by atoms with van der Waals surface area (Å²) >= 11 is 0. The van der Waals surface area contributed by atoms with Crippen molar-refractivity contribution in [2.75, 3.05) is 39.6 Å². The Morgan fingerprint density at radius 1 is 0.900 bits per heavy atom. The third kappa shape index (κ3) is 15.4. The number of hydrogen-bond acceptors (Lipinski definition) is 5. The molecule has 0 atom stereocenters. The van der Waals surface area contributed by atoms with Crippen molar-refractivity contribution in [1.29, 1.82) is 0 Å². The van der Waals surface area contributed by atoms with Crippen molar-refractivity contribution in [3.8, 4) is 0 Å². The quantitative estimate of drug-likeness (QED) is 0.363. The van der Waals surface area contributed by atoms with Gasteiger partial charge in [0.05, 0.1) is 39.1 Å². The first-order chi connectivity index (χ1) is 9.66. The largest absolute Gasteiger partial charge is 0.463 e. The molecule has 0 aliphatic rings. The van der Waals surface area contributed by atoms with Crippen molar-refractivity contribution in [1.82, 2.24) is 0 Å². The summed E-state index contributed by atoms with van der Waals surface area (Å²) in [5.74, 6) is -0.135. The van der Waals surface area contributed by atoms with E-state index in [1.807, 2.05) is 13.8 Å². The molecule has 0 aromatic rings. The van der Waals surface area contributed by atoms with Crippen LogP contribution >= 0.6 is 0 Å². The van der Waals surface area contributed by atoms with Gasteiger partial charge in [0.25, 0.3) is 0 Å². The molecule has 120 valence electrons. The molecule has 5 nitrogen and oxygen atoms in total. The lowest BCUT2D eigenvalue weighted by molar-refractivity contribution is -0.145. The topological polar surface area (TPSA) is 54.0 Å². The molecule has 20 heavy (non-hydrogen) atoms. The van der Waals surface area contributed by atoms with Crippen LogP contribution in [0.15, 0.2) is 0 Å². The number of esters is 1. The number of rotatable bonds is 14. The highest BCUT2D eigenvalue weighted by molar-refractivity contribution is 5.69. The van der Waals surface area contributed by atoms with E-state index in [2.05, 4.69) is 6.92 Å². The highest BCUT2D eigenvalue weighted by Gasteiger charge is 2.01. The molecule has 0 rings (SSSR count). The first kappa shape index (κ1) is 19.4. The maximum absolute atomic E-state index is 11.3. The van der Waals surface area contributed by atoms with Crippen LogP contribution in [-0.4, -0.2) is 51.7 Å². The lowest BCUT2D eigenvalue weighted by Gasteiger charge is -2.08.